The van der Waals surface area contributed by atoms with Crippen LogP contribution in [-0.4, -0.2) is 33.7 Å². The number of nitrogens with two attached hydrogens (primary N) is 2. The molecule has 2 saturated carbocycles. The van der Waals surface area contributed by atoms with Gasteiger partial charge in [-0.05, 0) is 43.9 Å². The normalized spacial score (nSPS) is 25.6. The fraction of sp³-hybridized carbons (Fsp3) is 0.625. The number of aromatic nitrogens is 2. The van der Waals surface area contributed by atoms with Gasteiger partial charge in [-0.2, -0.15) is 0 Å². The molecule has 0 unspecified atom stereocenters. The SMILES string of the molecule is C[C@@H](NC(=O)NC(=O)CSc1nc(N)cc(N)n1)[C@H]1C[C@H]2CC[C@H]1C2. The van der Waals surface area contributed by atoms with Gasteiger partial charge in [0.05, 0.1) is 5.75 Å². The number of thioether (sulfide) groups is 1. The molecule has 3 rings (SSSR count). The fourth-order valence-electron chi connectivity index (χ4n) is 4.08. The predicted molar refractivity (Wildman–Crippen MR) is 96.7 cm³/mol. The van der Waals surface area contributed by atoms with E-state index in [9.17, 15) is 9.59 Å². The molecule has 3 amide bonds. The summed E-state index contributed by atoms with van der Waals surface area (Å²) >= 11 is 1.08. The van der Waals surface area contributed by atoms with E-state index in [-0.39, 0.29) is 23.4 Å². The number of hydrogen-bond donors (Lipinski definition) is 4. The topological polar surface area (TPSA) is 136 Å². The number of nitrogens with one attached hydrogen (secondary N) is 2. The second-order valence-electron chi connectivity index (χ2n) is 6.94. The van der Waals surface area contributed by atoms with Crippen LogP contribution in [0, 0.1) is 17.8 Å². The van der Waals surface area contributed by atoms with Crippen LogP contribution in [-0.2, 0) is 4.79 Å². The number of anilines is 2. The van der Waals surface area contributed by atoms with Gasteiger partial charge < -0.3 is 16.8 Å². The minimum Gasteiger partial charge on any atom is -0.383 e. The van der Waals surface area contributed by atoms with Gasteiger partial charge in [-0.3, -0.25) is 10.1 Å². The van der Waals surface area contributed by atoms with Crippen molar-refractivity contribution in [3.8, 4) is 0 Å². The zero-order valence-electron chi connectivity index (χ0n) is 14.2. The number of fused-ring (bicyclic) bond motifs is 2. The van der Waals surface area contributed by atoms with Gasteiger partial charge in [0, 0.05) is 12.1 Å². The summed E-state index contributed by atoms with van der Waals surface area (Å²) in [6.07, 6.45) is 5.07. The summed E-state index contributed by atoms with van der Waals surface area (Å²) in [6, 6.07) is 1.07. The molecule has 1 heterocycles. The maximum absolute atomic E-state index is 12.0. The van der Waals surface area contributed by atoms with Crippen molar-refractivity contribution in [2.45, 2.75) is 43.8 Å². The van der Waals surface area contributed by atoms with Crippen LogP contribution in [0.25, 0.3) is 0 Å². The highest BCUT2D eigenvalue weighted by atomic mass is 32.2. The molecule has 2 bridgehead atoms. The summed E-state index contributed by atoms with van der Waals surface area (Å²) in [7, 11) is 0. The van der Waals surface area contributed by atoms with Gasteiger partial charge in [0.1, 0.15) is 11.6 Å². The minimum absolute atomic E-state index is 0.0127. The molecule has 6 N–H and O–H groups in total. The van der Waals surface area contributed by atoms with Crippen molar-refractivity contribution in [2.24, 2.45) is 17.8 Å². The van der Waals surface area contributed by atoms with Crippen molar-refractivity contribution < 1.29 is 9.59 Å². The van der Waals surface area contributed by atoms with Crippen LogP contribution in [0.4, 0.5) is 16.4 Å². The lowest BCUT2D eigenvalue weighted by Gasteiger charge is -2.28. The van der Waals surface area contributed by atoms with Crippen LogP contribution in [0.1, 0.15) is 32.6 Å². The summed E-state index contributed by atoms with van der Waals surface area (Å²) in [5.41, 5.74) is 11.2. The van der Waals surface area contributed by atoms with Gasteiger partial charge in [-0.15, -0.1) is 0 Å². The van der Waals surface area contributed by atoms with Crippen LogP contribution < -0.4 is 22.1 Å². The van der Waals surface area contributed by atoms with E-state index in [4.69, 9.17) is 11.5 Å². The number of urea groups is 1. The Bertz CT molecular complexity index is 650. The summed E-state index contributed by atoms with van der Waals surface area (Å²) in [5, 5.41) is 5.56. The van der Waals surface area contributed by atoms with E-state index in [2.05, 4.69) is 20.6 Å². The van der Waals surface area contributed by atoms with Gasteiger partial charge in [-0.25, -0.2) is 14.8 Å². The van der Waals surface area contributed by atoms with Gasteiger partial charge in [-0.1, -0.05) is 18.2 Å². The molecule has 0 radical (unpaired) electrons. The average molecular weight is 364 g/mol. The Morgan fingerprint density at radius 3 is 2.60 bits per heavy atom. The fourth-order valence-corrected chi connectivity index (χ4v) is 4.75. The van der Waals surface area contributed by atoms with Crippen LogP contribution in [0.2, 0.25) is 0 Å². The van der Waals surface area contributed by atoms with Crippen LogP contribution in [0.5, 0.6) is 0 Å². The Kier molecular flexibility index (Phi) is 5.31. The first-order chi connectivity index (χ1) is 11.9. The van der Waals surface area contributed by atoms with Crippen LogP contribution >= 0.6 is 11.8 Å². The number of rotatable bonds is 5. The molecule has 0 saturated heterocycles. The third-order valence-corrected chi connectivity index (χ3v) is 5.97. The Balaban J connectivity index is 1.42. The summed E-state index contributed by atoms with van der Waals surface area (Å²) in [5.74, 6) is 2.16. The van der Waals surface area contributed by atoms with E-state index in [0.29, 0.717) is 11.1 Å². The van der Waals surface area contributed by atoms with E-state index < -0.39 is 11.9 Å². The van der Waals surface area contributed by atoms with Gasteiger partial charge >= 0.3 is 6.03 Å². The molecule has 2 fully saturated rings. The van der Waals surface area contributed by atoms with E-state index in [1.165, 1.54) is 31.7 Å². The largest absolute Gasteiger partial charge is 0.383 e. The van der Waals surface area contributed by atoms with Crippen molar-refractivity contribution in [1.82, 2.24) is 20.6 Å². The summed E-state index contributed by atoms with van der Waals surface area (Å²) in [4.78, 5) is 31.9. The lowest BCUT2D eigenvalue weighted by Crippen LogP contribution is -2.47. The maximum atomic E-state index is 12.0. The molecule has 136 valence electrons. The van der Waals surface area contributed by atoms with E-state index >= 15 is 0 Å². The van der Waals surface area contributed by atoms with E-state index in [0.717, 1.165) is 23.6 Å². The molecule has 1 aromatic rings. The quantitative estimate of drug-likeness (QED) is 0.458. The minimum atomic E-state index is -0.450. The van der Waals surface area contributed by atoms with Crippen molar-refractivity contribution in [3.63, 3.8) is 0 Å². The summed E-state index contributed by atoms with van der Waals surface area (Å²) in [6.45, 7) is 2.02. The zero-order valence-corrected chi connectivity index (χ0v) is 15.0. The zero-order chi connectivity index (χ0) is 18.0. The van der Waals surface area contributed by atoms with E-state index in [1.807, 2.05) is 6.92 Å². The molecule has 2 aliphatic carbocycles. The lowest BCUT2D eigenvalue weighted by molar-refractivity contribution is -0.117. The first-order valence-corrected chi connectivity index (χ1v) is 9.52. The second kappa shape index (κ2) is 7.47. The standard InChI is InChI=1S/C16H24N6O2S/c1-8(11-5-9-2-3-10(11)4-9)19-15(24)22-14(23)7-25-16-20-12(17)6-13(18)21-16/h6,8-11H,2-5,7H2,1H3,(H4,17,18,20,21)(H2,19,22,23,24)/t8-,9+,10+,11-/m1/s1. The number of nitrogens with zero attached hydrogens (tertiary/aromatic N) is 2. The average Bonchev–Trinajstić information content (AvgIpc) is 3.15. The first kappa shape index (κ1) is 17.8. The maximum Gasteiger partial charge on any atom is 0.321 e. The highest BCUT2D eigenvalue weighted by Crippen LogP contribution is 2.49. The molecule has 2 aliphatic rings. The molecule has 0 aliphatic heterocycles. The second-order valence-corrected chi connectivity index (χ2v) is 7.88. The van der Waals surface area contributed by atoms with Crippen LogP contribution in [0.3, 0.4) is 0 Å². The van der Waals surface area contributed by atoms with Crippen molar-refractivity contribution in [3.05, 3.63) is 6.07 Å². The van der Waals surface area contributed by atoms with E-state index in [1.54, 1.807) is 0 Å². The number of imide groups is 1. The highest BCUT2D eigenvalue weighted by Gasteiger charge is 2.42. The third-order valence-electron chi connectivity index (χ3n) is 5.12. The molecule has 25 heavy (non-hydrogen) atoms. The van der Waals surface area contributed by atoms with Crippen LogP contribution in [0.15, 0.2) is 11.2 Å². The lowest BCUT2D eigenvalue weighted by atomic mass is 9.84. The number of carbonyl (C=O) groups is 2. The molecule has 8 nitrogen and oxygen atoms in total. The molecule has 0 spiro atoms. The Hall–Kier alpha value is -2.03. The number of nitrogen functional groups attached to an aromatic ring is 2. The number of hydrogen-bond acceptors (Lipinski definition) is 7. The molecular weight excluding hydrogens is 340 g/mol. The van der Waals surface area contributed by atoms with Crippen molar-refractivity contribution >= 4 is 35.3 Å². The van der Waals surface area contributed by atoms with Crippen molar-refractivity contribution in [2.75, 3.05) is 17.2 Å². The molecule has 9 heteroatoms. The third kappa shape index (κ3) is 4.53. The Morgan fingerprint density at radius 1 is 1.28 bits per heavy atom. The van der Waals surface area contributed by atoms with Gasteiger partial charge in [0.2, 0.25) is 5.91 Å². The smallest absolute Gasteiger partial charge is 0.321 e. The summed E-state index contributed by atoms with van der Waals surface area (Å²) < 4.78 is 0. The van der Waals surface area contributed by atoms with Crippen molar-refractivity contribution in [1.29, 1.82) is 0 Å². The Morgan fingerprint density at radius 2 is 2.00 bits per heavy atom. The highest BCUT2D eigenvalue weighted by molar-refractivity contribution is 7.99. The van der Waals surface area contributed by atoms with Gasteiger partial charge in [0.15, 0.2) is 5.16 Å². The predicted octanol–water partition coefficient (Wildman–Crippen LogP) is 1.38. The first-order valence-electron chi connectivity index (χ1n) is 8.54. The monoisotopic (exact) mass is 364 g/mol. The number of carbonyl (C=O) groups excluding carboxylic acids is 2. The number of amides is 3. The molecule has 1 aromatic heterocycles. The van der Waals surface area contributed by atoms with Gasteiger partial charge in [0.25, 0.3) is 0 Å². The molecule has 0 aromatic carbocycles. The molecule has 4 atom stereocenters. The Labute approximate surface area is 150 Å². The molecular formula is C16H24N6O2S.